The molecule has 134 valence electrons. The molecule has 0 atom stereocenters. The van der Waals surface area contributed by atoms with Crippen LogP contribution in [0.15, 0.2) is 46.9 Å². The summed E-state index contributed by atoms with van der Waals surface area (Å²) in [6.45, 7) is 2.02. The third kappa shape index (κ3) is 4.70. The lowest BCUT2D eigenvalue weighted by Crippen LogP contribution is -2.32. The van der Waals surface area contributed by atoms with Gasteiger partial charge in [0.2, 0.25) is 11.0 Å². The number of amides is 2. The fraction of sp³-hybridized carbons (Fsp3) is 0.176. The SMILES string of the molecule is Cc1cccc(Nc2nnc(SCC(=O)NC(=O)c3cccn3C)s2)c1. The summed E-state index contributed by atoms with van der Waals surface area (Å²) >= 11 is 2.60. The van der Waals surface area contributed by atoms with Crippen LogP contribution in [0.25, 0.3) is 0 Å². The number of benzene rings is 1. The van der Waals surface area contributed by atoms with Gasteiger partial charge in [-0.15, -0.1) is 10.2 Å². The second-order valence-corrected chi connectivity index (χ2v) is 7.74. The molecule has 0 radical (unpaired) electrons. The average Bonchev–Trinajstić information content (AvgIpc) is 3.22. The largest absolute Gasteiger partial charge is 0.347 e. The first-order valence-corrected chi connectivity index (χ1v) is 9.57. The van der Waals surface area contributed by atoms with E-state index < -0.39 is 5.91 Å². The molecule has 0 bridgehead atoms. The number of hydrogen-bond donors (Lipinski definition) is 2. The number of nitrogens with one attached hydrogen (secondary N) is 2. The fourth-order valence-electron chi connectivity index (χ4n) is 2.22. The Bertz CT molecular complexity index is 935. The van der Waals surface area contributed by atoms with Gasteiger partial charge in [0, 0.05) is 18.9 Å². The minimum absolute atomic E-state index is 0.0925. The summed E-state index contributed by atoms with van der Waals surface area (Å²) in [4.78, 5) is 23.9. The smallest absolute Gasteiger partial charge is 0.274 e. The average molecular weight is 387 g/mol. The van der Waals surface area contributed by atoms with Crippen molar-refractivity contribution in [2.75, 3.05) is 11.1 Å². The van der Waals surface area contributed by atoms with Gasteiger partial charge >= 0.3 is 0 Å². The van der Waals surface area contributed by atoms with Gasteiger partial charge in [-0.05, 0) is 36.8 Å². The zero-order valence-electron chi connectivity index (χ0n) is 14.2. The number of hydrogen-bond acceptors (Lipinski definition) is 7. The normalized spacial score (nSPS) is 10.5. The van der Waals surface area contributed by atoms with Gasteiger partial charge in [0.15, 0.2) is 4.34 Å². The van der Waals surface area contributed by atoms with E-state index in [4.69, 9.17) is 0 Å². The lowest BCUT2D eigenvalue weighted by molar-refractivity contribution is -0.117. The van der Waals surface area contributed by atoms with Crippen LogP contribution in [0.4, 0.5) is 10.8 Å². The van der Waals surface area contributed by atoms with E-state index in [1.807, 2.05) is 31.2 Å². The molecule has 0 fully saturated rings. The number of carbonyl (C=O) groups excluding carboxylic acids is 2. The van der Waals surface area contributed by atoms with Gasteiger partial charge in [-0.1, -0.05) is 35.2 Å². The summed E-state index contributed by atoms with van der Waals surface area (Å²) < 4.78 is 2.31. The summed E-state index contributed by atoms with van der Waals surface area (Å²) in [6, 6.07) is 11.3. The molecule has 2 amide bonds. The van der Waals surface area contributed by atoms with E-state index >= 15 is 0 Å². The van der Waals surface area contributed by atoms with Crippen LogP contribution in [0.5, 0.6) is 0 Å². The molecule has 9 heteroatoms. The molecule has 0 aliphatic rings. The second-order valence-electron chi connectivity index (χ2n) is 5.54. The molecule has 0 saturated carbocycles. The van der Waals surface area contributed by atoms with Crippen LogP contribution in [-0.2, 0) is 11.8 Å². The van der Waals surface area contributed by atoms with E-state index in [1.54, 1.807) is 29.9 Å². The van der Waals surface area contributed by atoms with Crippen molar-refractivity contribution in [3.63, 3.8) is 0 Å². The van der Waals surface area contributed by atoms with Crippen LogP contribution in [0.1, 0.15) is 16.1 Å². The highest BCUT2D eigenvalue weighted by molar-refractivity contribution is 8.01. The van der Waals surface area contributed by atoms with Gasteiger partial charge < -0.3 is 9.88 Å². The molecule has 3 aromatic rings. The third-order valence-electron chi connectivity index (χ3n) is 3.43. The van der Waals surface area contributed by atoms with Crippen LogP contribution in [0.2, 0.25) is 0 Å². The van der Waals surface area contributed by atoms with Crippen molar-refractivity contribution < 1.29 is 9.59 Å². The first-order chi connectivity index (χ1) is 12.5. The van der Waals surface area contributed by atoms with Crippen molar-refractivity contribution in [2.45, 2.75) is 11.3 Å². The highest BCUT2D eigenvalue weighted by Gasteiger charge is 2.14. The van der Waals surface area contributed by atoms with Crippen LogP contribution in [0.3, 0.4) is 0 Å². The van der Waals surface area contributed by atoms with Crippen molar-refractivity contribution in [3.05, 3.63) is 53.9 Å². The minimum atomic E-state index is -0.415. The minimum Gasteiger partial charge on any atom is -0.347 e. The van der Waals surface area contributed by atoms with Crippen LogP contribution >= 0.6 is 23.1 Å². The summed E-state index contributed by atoms with van der Waals surface area (Å²) in [7, 11) is 1.75. The van der Waals surface area contributed by atoms with E-state index in [0.717, 1.165) is 11.3 Å². The molecule has 3 rings (SSSR count). The van der Waals surface area contributed by atoms with Gasteiger partial charge in [0.25, 0.3) is 5.91 Å². The van der Waals surface area contributed by atoms with Gasteiger partial charge in [-0.3, -0.25) is 14.9 Å². The van der Waals surface area contributed by atoms with Crippen molar-refractivity contribution in [3.8, 4) is 0 Å². The number of rotatable bonds is 6. The highest BCUT2D eigenvalue weighted by Crippen LogP contribution is 2.27. The quantitative estimate of drug-likeness (QED) is 0.632. The van der Waals surface area contributed by atoms with Crippen LogP contribution in [0, 0.1) is 6.92 Å². The van der Waals surface area contributed by atoms with Crippen LogP contribution < -0.4 is 10.6 Å². The van der Waals surface area contributed by atoms with E-state index in [0.29, 0.717) is 15.2 Å². The maximum Gasteiger partial charge on any atom is 0.274 e. The van der Waals surface area contributed by atoms with E-state index in [-0.39, 0.29) is 11.7 Å². The van der Waals surface area contributed by atoms with Gasteiger partial charge in [0.1, 0.15) is 5.69 Å². The maximum absolute atomic E-state index is 12.0. The Labute approximate surface area is 158 Å². The predicted octanol–water partition coefficient (Wildman–Crippen LogP) is 2.98. The molecule has 0 aliphatic carbocycles. The molecular formula is C17H17N5O2S2. The topological polar surface area (TPSA) is 88.9 Å². The van der Waals surface area contributed by atoms with Gasteiger partial charge in [-0.2, -0.15) is 0 Å². The molecule has 2 aromatic heterocycles. The zero-order valence-corrected chi connectivity index (χ0v) is 15.9. The van der Waals surface area contributed by atoms with E-state index in [1.165, 1.54) is 23.1 Å². The number of aryl methyl sites for hydroxylation is 2. The Morgan fingerprint density at radius 1 is 1.23 bits per heavy atom. The Morgan fingerprint density at radius 3 is 2.81 bits per heavy atom. The van der Waals surface area contributed by atoms with Gasteiger partial charge in [0.05, 0.1) is 5.75 Å². The molecule has 0 unspecified atom stereocenters. The Balaban J connectivity index is 1.50. The lowest BCUT2D eigenvalue weighted by Gasteiger charge is -2.04. The Hall–Kier alpha value is -2.65. The zero-order chi connectivity index (χ0) is 18.5. The lowest BCUT2D eigenvalue weighted by atomic mass is 10.2. The van der Waals surface area contributed by atoms with Crippen LogP contribution in [-0.4, -0.2) is 32.3 Å². The number of carbonyl (C=O) groups is 2. The molecular weight excluding hydrogens is 370 g/mol. The summed E-state index contributed by atoms with van der Waals surface area (Å²) in [6.07, 6.45) is 1.75. The maximum atomic E-state index is 12.0. The van der Waals surface area contributed by atoms with E-state index in [2.05, 4.69) is 20.8 Å². The molecule has 7 nitrogen and oxygen atoms in total. The molecule has 26 heavy (non-hydrogen) atoms. The number of anilines is 2. The van der Waals surface area contributed by atoms with Gasteiger partial charge in [-0.25, -0.2) is 0 Å². The molecule has 0 spiro atoms. The fourth-order valence-corrected chi connectivity index (χ4v) is 3.79. The third-order valence-corrected chi connectivity index (χ3v) is 5.40. The number of nitrogens with zero attached hydrogens (tertiary/aromatic N) is 3. The van der Waals surface area contributed by atoms with Crippen molar-refractivity contribution in [1.82, 2.24) is 20.1 Å². The van der Waals surface area contributed by atoms with Crippen molar-refractivity contribution in [1.29, 1.82) is 0 Å². The van der Waals surface area contributed by atoms with Crippen molar-refractivity contribution >= 4 is 45.7 Å². The van der Waals surface area contributed by atoms with Crippen molar-refractivity contribution in [2.24, 2.45) is 7.05 Å². The molecule has 0 aliphatic heterocycles. The Morgan fingerprint density at radius 2 is 2.08 bits per heavy atom. The molecule has 2 heterocycles. The number of aromatic nitrogens is 3. The summed E-state index contributed by atoms with van der Waals surface area (Å²) in [5.41, 5.74) is 2.51. The standard InChI is InChI=1S/C17H17N5O2S2/c1-11-5-3-6-12(9-11)18-16-20-21-17(26-16)25-10-14(23)19-15(24)13-7-4-8-22(13)2/h3-9H,10H2,1-2H3,(H,18,20)(H,19,23,24). The molecule has 0 saturated heterocycles. The number of imide groups is 1. The molecule has 2 N–H and O–H groups in total. The monoisotopic (exact) mass is 387 g/mol. The predicted molar refractivity (Wildman–Crippen MR) is 103 cm³/mol. The number of thioether (sulfide) groups is 1. The molecule has 1 aromatic carbocycles. The summed E-state index contributed by atoms with van der Waals surface area (Å²) in [5, 5.41) is 14.3. The van der Waals surface area contributed by atoms with E-state index in [9.17, 15) is 9.59 Å². The highest BCUT2D eigenvalue weighted by atomic mass is 32.2. The Kier molecular flexibility index (Phi) is 5.69. The first kappa shape index (κ1) is 18.2. The first-order valence-electron chi connectivity index (χ1n) is 7.77. The summed E-state index contributed by atoms with van der Waals surface area (Å²) in [5.74, 6) is -0.693. The second kappa shape index (κ2) is 8.15.